The minimum atomic E-state index is -0.385. The van der Waals surface area contributed by atoms with Crippen molar-refractivity contribution in [2.24, 2.45) is 5.92 Å². The van der Waals surface area contributed by atoms with Crippen molar-refractivity contribution < 1.29 is 9.18 Å². The van der Waals surface area contributed by atoms with Crippen LogP contribution < -0.4 is 5.32 Å². The molecule has 27 heavy (non-hydrogen) atoms. The third-order valence-electron chi connectivity index (χ3n) is 4.64. The lowest BCUT2D eigenvalue weighted by Crippen LogP contribution is -2.48. The molecule has 0 bridgehead atoms. The molecule has 3 nitrogen and oxygen atoms in total. The number of benzene rings is 2. The van der Waals surface area contributed by atoms with Crippen LogP contribution in [0.1, 0.15) is 43.1 Å². The van der Waals surface area contributed by atoms with Crippen molar-refractivity contribution >= 4 is 16.8 Å². The minimum Gasteiger partial charge on any atom is -0.346 e. The van der Waals surface area contributed by atoms with Crippen molar-refractivity contribution in [3.05, 3.63) is 77.7 Å². The van der Waals surface area contributed by atoms with E-state index in [1.807, 2.05) is 18.2 Å². The standard InChI is InChI=1S/C23H25FN2O/c1-16(2)13-23(3,14-17-8-5-4-6-9-17)26-22(27)19-12-18-10-7-11-20(24)21(18)25-15-19/h4-12,15-16H,13-14H2,1-3H3,(H,26,27)/t23-/m0/s1. The molecule has 1 heterocycles. The Balaban J connectivity index is 1.85. The third kappa shape index (κ3) is 4.70. The van der Waals surface area contributed by atoms with E-state index >= 15 is 0 Å². The van der Waals surface area contributed by atoms with E-state index in [4.69, 9.17) is 0 Å². The highest BCUT2D eigenvalue weighted by atomic mass is 19.1. The van der Waals surface area contributed by atoms with Gasteiger partial charge in [-0.05, 0) is 43.4 Å². The molecule has 1 N–H and O–H groups in total. The quantitative estimate of drug-likeness (QED) is 0.657. The SMILES string of the molecule is CC(C)C[C@@](C)(Cc1ccccc1)NC(=O)c1cnc2c(F)cccc2c1. The van der Waals surface area contributed by atoms with Gasteiger partial charge in [0.25, 0.3) is 5.91 Å². The summed E-state index contributed by atoms with van der Waals surface area (Å²) in [7, 11) is 0. The lowest BCUT2D eigenvalue weighted by molar-refractivity contribution is 0.0894. The van der Waals surface area contributed by atoms with Gasteiger partial charge in [-0.1, -0.05) is 56.3 Å². The number of carbonyl (C=O) groups is 1. The van der Waals surface area contributed by atoms with E-state index in [0.29, 0.717) is 16.9 Å². The summed E-state index contributed by atoms with van der Waals surface area (Å²) in [6, 6.07) is 16.6. The van der Waals surface area contributed by atoms with Gasteiger partial charge in [-0.2, -0.15) is 0 Å². The predicted molar refractivity (Wildman–Crippen MR) is 107 cm³/mol. The molecule has 1 aromatic heterocycles. The van der Waals surface area contributed by atoms with Gasteiger partial charge >= 0.3 is 0 Å². The molecule has 0 aliphatic rings. The fourth-order valence-electron chi connectivity index (χ4n) is 3.71. The first-order valence-corrected chi connectivity index (χ1v) is 9.27. The molecule has 0 spiro atoms. The Morgan fingerprint density at radius 3 is 2.59 bits per heavy atom. The van der Waals surface area contributed by atoms with Gasteiger partial charge in [0.15, 0.2) is 0 Å². The van der Waals surface area contributed by atoms with Crippen LogP contribution >= 0.6 is 0 Å². The molecule has 3 aromatic rings. The Labute approximate surface area is 159 Å². The van der Waals surface area contributed by atoms with Crippen molar-refractivity contribution in [2.45, 2.75) is 39.2 Å². The average molecular weight is 364 g/mol. The summed E-state index contributed by atoms with van der Waals surface area (Å²) in [5.74, 6) is -0.135. The summed E-state index contributed by atoms with van der Waals surface area (Å²) in [5, 5.41) is 3.82. The molecule has 0 saturated heterocycles. The van der Waals surface area contributed by atoms with Crippen molar-refractivity contribution in [3.63, 3.8) is 0 Å². The number of para-hydroxylation sites is 1. The maximum absolute atomic E-state index is 13.8. The van der Waals surface area contributed by atoms with Crippen molar-refractivity contribution in [1.29, 1.82) is 0 Å². The summed E-state index contributed by atoms with van der Waals surface area (Å²) in [6.07, 6.45) is 3.04. The van der Waals surface area contributed by atoms with Crippen LogP contribution in [0.3, 0.4) is 0 Å². The lowest BCUT2D eigenvalue weighted by atomic mass is 9.84. The molecule has 0 fully saturated rings. The van der Waals surface area contributed by atoms with Crippen LogP contribution in [0, 0.1) is 11.7 Å². The molecule has 1 amide bonds. The summed E-state index contributed by atoms with van der Waals surface area (Å²) in [5.41, 5.74) is 1.52. The number of fused-ring (bicyclic) bond motifs is 1. The second-order valence-electron chi connectivity index (χ2n) is 7.81. The highest BCUT2D eigenvalue weighted by molar-refractivity contribution is 5.97. The van der Waals surface area contributed by atoms with E-state index in [-0.39, 0.29) is 22.8 Å². The molecule has 0 radical (unpaired) electrons. The first-order chi connectivity index (χ1) is 12.9. The molecule has 140 valence electrons. The van der Waals surface area contributed by atoms with Crippen LogP contribution in [0.4, 0.5) is 4.39 Å². The second-order valence-corrected chi connectivity index (χ2v) is 7.81. The molecule has 1 atom stereocenters. The normalized spacial score (nSPS) is 13.5. The molecule has 0 aliphatic carbocycles. The molecule has 2 aromatic carbocycles. The predicted octanol–water partition coefficient (Wildman–Crippen LogP) is 5.15. The Morgan fingerprint density at radius 1 is 1.15 bits per heavy atom. The van der Waals surface area contributed by atoms with Gasteiger partial charge in [0.1, 0.15) is 11.3 Å². The van der Waals surface area contributed by atoms with E-state index in [1.165, 1.54) is 17.8 Å². The maximum Gasteiger partial charge on any atom is 0.253 e. The molecule has 0 unspecified atom stereocenters. The largest absolute Gasteiger partial charge is 0.346 e. The fraction of sp³-hybridized carbons (Fsp3) is 0.304. The first-order valence-electron chi connectivity index (χ1n) is 9.27. The Morgan fingerprint density at radius 2 is 1.89 bits per heavy atom. The van der Waals surface area contributed by atoms with Gasteiger partial charge in [-0.25, -0.2) is 4.39 Å². The van der Waals surface area contributed by atoms with Crippen LogP contribution in [-0.2, 0) is 6.42 Å². The van der Waals surface area contributed by atoms with Gasteiger partial charge in [-0.15, -0.1) is 0 Å². The number of hydrogen-bond donors (Lipinski definition) is 1. The summed E-state index contributed by atoms with van der Waals surface area (Å²) >= 11 is 0. The van der Waals surface area contributed by atoms with E-state index < -0.39 is 0 Å². The second kappa shape index (κ2) is 7.87. The molecule has 0 aliphatic heterocycles. The fourth-order valence-corrected chi connectivity index (χ4v) is 3.71. The Kier molecular flexibility index (Phi) is 5.54. The Bertz CT molecular complexity index is 940. The first kappa shape index (κ1) is 19.0. The van der Waals surface area contributed by atoms with E-state index in [0.717, 1.165) is 12.8 Å². The van der Waals surface area contributed by atoms with Gasteiger partial charge in [0.05, 0.1) is 5.56 Å². The zero-order valence-electron chi connectivity index (χ0n) is 16.0. The monoisotopic (exact) mass is 364 g/mol. The van der Waals surface area contributed by atoms with E-state index in [2.05, 4.69) is 43.2 Å². The minimum absolute atomic E-state index is 0.187. The summed E-state index contributed by atoms with van der Waals surface area (Å²) in [6.45, 7) is 6.37. The molecule has 0 saturated carbocycles. The number of pyridine rings is 1. The number of hydrogen-bond acceptors (Lipinski definition) is 2. The van der Waals surface area contributed by atoms with Crippen LogP contribution in [-0.4, -0.2) is 16.4 Å². The van der Waals surface area contributed by atoms with Crippen LogP contribution in [0.25, 0.3) is 10.9 Å². The van der Waals surface area contributed by atoms with E-state index in [1.54, 1.807) is 18.2 Å². The maximum atomic E-state index is 13.8. The van der Waals surface area contributed by atoms with Gasteiger partial charge in [0, 0.05) is 17.1 Å². The molecular formula is C23H25FN2O. The number of aromatic nitrogens is 1. The van der Waals surface area contributed by atoms with Crippen molar-refractivity contribution in [3.8, 4) is 0 Å². The van der Waals surface area contributed by atoms with Gasteiger partial charge in [0.2, 0.25) is 0 Å². The number of carbonyl (C=O) groups excluding carboxylic acids is 1. The molecule has 3 rings (SSSR count). The zero-order valence-corrected chi connectivity index (χ0v) is 16.0. The van der Waals surface area contributed by atoms with Gasteiger partial charge in [-0.3, -0.25) is 9.78 Å². The number of nitrogens with one attached hydrogen (secondary N) is 1. The number of halogens is 1. The molecule has 4 heteroatoms. The summed E-state index contributed by atoms with van der Waals surface area (Å²) < 4.78 is 13.8. The zero-order chi connectivity index (χ0) is 19.4. The van der Waals surface area contributed by atoms with Crippen molar-refractivity contribution in [1.82, 2.24) is 10.3 Å². The highest BCUT2D eigenvalue weighted by Crippen LogP contribution is 2.23. The van der Waals surface area contributed by atoms with Gasteiger partial charge < -0.3 is 5.32 Å². The Hall–Kier alpha value is -2.75. The number of rotatable bonds is 6. The number of amides is 1. The topological polar surface area (TPSA) is 42.0 Å². The average Bonchev–Trinajstić information content (AvgIpc) is 2.61. The lowest BCUT2D eigenvalue weighted by Gasteiger charge is -2.33. The number of nitrogens with zero attached hydrogens (tertiary/aromatic N) is 1. The highest BCUT2D eigenvalue weighted by Gasteiger charge is 2.28. The summed E-state index contributed by atoms with van der Waals surface area (Å²) in [4.78, 5) is 17.1. The van der Waals surface area contributed by atoms with Crippen molar-refractivity contribution in [2.75, 3.05) is 0 Å². The van der Waals surface area contributed by atoms with Crippen LogP contribution in [0.5, 0.6) is 0 Å². The van der Waals surface area contributed by atoms with E-state index in [9.17, 15) is 9.18 Å². The smallest absolute Gasteiger partial charge is 0.253 e. The van der Waals surface area contributed by atoms with Crippen LogP contribution in [0.15, 0.2) is 60.8 Å². The van der Waals surface area contributed by atoms with Crippen LogP contribution in [0.2, 0.25) is 0 Å². The molecular weight excluding hydrogens is 339 g/mol. The third-order valence-corrected chi connectivity index (χ3v) is 4.64.